The maximum absolute atomic E-state index is 13.5. The molecule has 8 heteroatoms. The van der Waals surface area contributed by atoms with Gasteiger partial charge in [-0.1, -0.05) is 20.8 Å². The van der Waals surface area contributed by atoms with Gasteiger partial charge in [-0.25, -0.2) is 4.98 Å². The van der Waals surface area contributed by atoms with E-state index in [0.717, 1.165) is 29.7 Å². The number of thiophene rings is 1. The molecule has 0 spiro atoms. The molecule has 0 saturated carbocycles. The summed E-state index contributed by atoms with van der Waals surface area (Å²) in [6.45, 7) is 10.2. The number of amides is 1. The number of hydrogen-bond acceptors (Lipinski definition) is 6. The quantitative estimate of drug-likeness (QED) is 0.547. The number of Topliss-reactive ketones (excluding diaryl/α,β-unsaturated/α-hetero) is 1. The van der Waals surface area contributed by atoms with Crippen LogP contribution in [0.15, 0.2) is 29.3 Å². The van der Waals surface area contributed by atoms with Crippen LogP contribution in [0, 0.1) is 11.3 Å². The van der Waals surface area contributed by atoms with E-state index in [2.05, 4.69) is 31.1 Å². The van der Waals surface area contributed by atoms with Crippen LogP contribution in [-0.4, -0.2) is 27.3 Å². The number of nitrogens with one attached hydrogen (secondary N) is 1. The van der Waals surface area contributed by atoms with Gasteiger partial charge in [0.2, 0.25) is 0 Å². The summed E-state index contributed by atoms with van der Waals surface area (Å²) in [5.74, 6) is 0.616. The molecule has 1 aromatic carbocycles. The molecule has 1 amide bonds. The van der Waals surface area contributed by atoms with E-state index in [4.69, 9.17) is 4.74 Å². The van der Waals surface area contributed by atoms with Gasteiger partial charge in [-0.2, -0.15) is 0 Å². The van der Waals surface area contributed by atoms with E-state index < -0.39 is 12.1 Å². The van der Waals surface area contributed by atoms with Crippen molar-refractivity contribution in [1.29, 1.82) is 0 Å². The second kappa shape index (κ2) is 8.05. The van der Waals surface area contributed by atoms with Crippen LogP contribution >= 0.6 is 11.3 Å². The molecule has 1 aliphatic heterocycles. The molecule has 3 unspecified atom stereocenters. The van der Waals surface area contributed by atoms with Crippen LogP contribution in [0.3, 0.4) is 0 Å². The first-order valence-electron chi connectivity index (χ1n) is 11.7. The van der Waals surface area contributed by atoms with E-state index in [1.54, 1.807) is 43.4 Å². The summed E-state index contributed by atoms with van der Waals surface area (Å²) in [7, 11) is 0. The predicted molar refractivity (Wildman–Crippen MR) is 133 cm³/mol. The Balaban J connectivity index is 1.47. The SMILES string of the molecule is CC1Oc2ccc(C(=O)C(C)n3cnc4sc5c(c4c3=O)CCC(C(C)(C)C)C5)cc2NC1=O. The number of aryl methyl sites for hydroxylation is 1. The first-order valence-corrected chi connectivity index (χ1v) is 12.5. The fourth-order valence-electron chi connectivity index (χ4n) is 4.92. The molecule has 0 bridgehead atoms. The maximum Gasteiger partial charge on any atom is 0.265 e. The molecule has 1 N–H and O–H groups in total. The van der Waals surface area contributed by atoms with Crippen LogP contribution in [0.5, 0.6) is 5.75 Å². The zero-order chi connectivity index (χ0) is 24.4. The van der Waals surface area contributed by atoms with Gasteiger partial charge in [0.05, 0.1) is 23.4 Å². The van der Waals surface area contributed by atoms with Gasteiger partial charge in [0.25, 0.3) is 11.5 Å². The second-order valence-electron chi connectivity index (χ2n) is 10.4. The fraction of sp³-hybridized carbons (Fsp3) is 0.462. The standard InChI is InChI=1S/C26H29N3O4S/c1-13(22(30)15-6-9-19-18(10-15)28-23(31)14(2)33-19)29-12-27-24-21(25(29)32)17-8-7-16(26(3,4)5)11-20(17)34-24/h6,9-10,12-14,16H,7-8,11H2,1-5H3,(H,28,31). The van der Waals surface area contributed by atoms with Crippen LogP contribution < -0.4 is 15.6 Å². The lowest BCUT2D eigenvalue weighted by atomic mass is 9.72. The molecule has 2 aromatic heterocycles. The minimum atomic E-state index is -0.733. The highest BCUT2D eigenvalue weighted by Crippen LogP contribution is 2.42. The molecule has 0 fully saturated rings. The Bertz CT molecular complexity index is 1380. The number of ether oxygens (including phenoxy) is 1. The molecule has 34 heavy (non-hydrogen) atoms. The van der Waals surface area contributed by atoms with E-state index in [9.17, 15) is 14.4 Å². The summed E-state index contributed by atoms with van der Waals surface area (Å²) in [6.07, 6.45) is 3.78. The molecule has 178 valence electrons. The minimum Gasteiger partial charge on any atom is -0.479 e. The number of carbonyl (C=O) groups is 2. The smallest absolute Gasteiger partial charge is 0.265 e. The number of benzene rings is 1. The fourth-order valence-corrected chi connectivity index (χ4v) is 6.18. The zero-order valence-electron chi connectivity index (χ0n) is 20.1. The molecule has 0 radical (unpaired) electrons. The van der Waals surface area contributed by atoms with Gasteiger partial charge in [0.15, 0.2) is 11.9 Å². The lowest BCUT2D eigenvalue weighted by Gasteiger charge is -2.33. The van der Waals surface area contributed by atoms with E-state index in [1.807, 2.05) is 0 Å². The van der Waals surface area contributed by atoms with Gasteiger partial charge < -0.3 is 10.1 Å². The summed E-state index contributed by atoms with van der Waals surface area (Å²) in [6, 6.07) is 4.21. The highest BCUT2D eigenvalue weighted by atomic mass is 32.1. The summed E-state index contributed by atoms with van der Waals surface area (Å²) < 4.78 is 7.01. The number of carbonyl (C=O) groups excluding carboxylic acids is 2. The van der Waals surface area contributed by atoms with Crippen LogP contribution in [-0.2, 0) is 17.6 Å². The Morgan fingerprint density at radius 1 is 1.29 bits per heavy atom. The van der Waals surface area contributed by atoms with Gasteiger partial charge in [0, 0.05) is 10.4 Å². The number of nitrogens with zero attached hydrogens (tertiary/aromatic N) is 2. The summed E-state index contributed by atoms with van der Waals surface area (Å²) in [4.78, 5) is 45.4. The molecule has 5 rings (SSSR count). The van der Waals surface area contributed by atoms with Crippen LogP contribution in [0.4, 0.5) is 5.69 Å². The van der Waals surface area contributed by atoms with Crippen molar-refractivity contribution in [3.63, 3.8) is 0 Å². The molecule has 3 aromatic rings. The molecule has 3 atom stereocenters. The Morgan fingerprint density at radius 2 is 2.06 bits per heavy atom. The molecule has 7 nitrogen and oxygen atoms in total. The second-order valence-corrected chi connectivity index (χ2v) is 11.5. The highest BCUT2D eigenvalue weighted by Gasteiger charge is 2.32. The number of anilines is 1. The van der Waals surface area contributed by atoms with Crippen molar-refractivity contribution in [3.8, 4) is 5.75 Å². The Kier molecular flexibility index (Phi) is 5.39. The van der Waals surface area contributed by atoms with Gasteiger partial charge in [0.1, 0.15) is 10.6 Å². The zero-order valence-corrected chi connectivity index (χ0v) is 20.9. The third-order valence-electron chi connectivity index (χ3n) is 7.21. The number of aromatic nitrogens is 2. The first kappa shape index (κ1) is 22.8. The van der Waals surface area contributed by atoms with Crippen molar-refractivity contribution >= 4 is 38.9 Å². The summed E-state index contributed by atoms with van der Waals surface area (Å²) in [5.41, 5.74) is 2.02. The average Bonchev–Trinajstić information content (AvgIpc) is 3.17. The third kappa shape index (κ3) is 3.74. The Morgan fingerprint density at radius 3 is 2.79 bits per heavy atom. The van der Waals surface area contributed by atoms with Gasteiger partial charge in [-0.05, 0) is 68.2 Å². The van der Waals surface area contributed by atoms with Crippen molar-refractivity contribution in [1.82, 2.24) is 9.55 Å². The summed E-state index contributed by atoms with van der Waals surface area (Å²) in [5, 5.41) is 3.43. The van der Waals surface area contributed by atoms with Crippen molar-refractivity contribution in [2.75, 3.05) is 5.32 Å². The maximum atomic E-state index is 13.5. The van der Waals surface area contributed by atoms with E-state index in [0.29, 0.717) is 28.3 Å². The van der Waals surface area contributed by atoms with Crippen molar-refractivity contribution in [3.05, 3.63) is 50.9 Å². The van der Waals surface area contributed by atoms with Gasteiger partial charge in [-0.3, -0.25) is 19.0 Å². The third-order valence-corrected chi connectivity index (χ3v) is 8.37. The first-order chi connectivity index (χ1) is 16.0. The van der Waals surface area contributed by atoms with Crippen molar-refractivity contribution < 1.29 is 14.3 Å². The van der Waals surface area contributed by atoms with Gasteiger partial charge >= 0.3 is 0 Å². The highest BCUT2D eigenvalue weighted by molar-refractivity contribution is 7.18. The topological polar surface area (TPSA) is 90.3 Å². The minimum absolute atomic E-state index is 0.166. The van der Waals surface area contributed by atoms with E-state index in [-0.39, 0.29) is 22.7 Å². The summed E-state index contributed by atoms with van der Waals surface area (Å²) >= 11 is 1.61. The van der Waals surface area contributed by atoms with Crippen LogP contribution in [0.2, 0.25) is 0 Å². The van der Waals surface area contributed by atoms with E-state index in [1.165, 1.54) is 15.8 Å². The van der Waals surface area contributed by atoms with Gasteiger partial charge in [-0.15, -0.1) is 11.3 Å². The molecular formula is C26H29N3O4S. The molecule has 2 aliphatic rings. The van der Waals surface area contributed by atoms with Crippen LogP contribution in [0.1, 0.15) is 67.9 Å². The van der Waals surface area contributed by atoms with Crippen molar-refractivity contribution in [2.45, 2.75) is 66.0 Å². The molecule has 0 saturated heterocycles. The van der Waals surface area contributed by atoms with Crippen LogP contribution in [0.25, 0.3) is 10.2 Å². The normalized spacial score (nSPS) is 20.8. The number of hydrogen-bond donors (Lipinski definition) is 1. The molecular weight excluding hydrogens is 450 g/mol. The monoisotopic (exact) mass is 479 g/mol. The lowest BCUT2D eigenvalue weighted by Crippen LogP contribution is -2.34. The molecule has 3 heterocycles. The predicted octanol–water partition coefficient (Wildman–Crippen LogP) is 4.77. The Labute approximate surface area is 202 Å². The average molecular weight is 480 g/mol. The largest absolute Gasteiger partial charge is 0.479 e. The number of rotatable bonds is 3. The molecule has 1 aliphatic carbocycles. The Hall–Kier alpha value is -3.00. The van der Waals surface area contributed by atoms with E-state index >= 15 is 0 Å². The van der Waals surface area contributed by atoms with Crippen molar-refractivity contribution in [2.24, 2.45) is 11.3 Å². The number of ketones is 1. The lowest BCUT2D eigenvalue weighted by molar-refractivity contribution is -0.122. The number of fused-ring (bicyclic) bond motifs is 4.